The Kier molecular flexibility index (Phi) is 2.81. The molecule has 0 aliphatic heterocycles. The molecule has 3 nitrogen and oxygen atoms in total. The van der Waals surface area contributed by atoms with Gasteiger partial charge in [-0.25, -0.2) is 0 Å². The summed E-state index contributed by atoms with van der Waals surface area (Å²) < 4.78 is 0. The molecule has 1 heterocycles. The maximum absolute atomic E-state index is 4.37. The Balaban J connectivity index is 2.33. The van der Waals surface area contributed by atoms with Crippen molar-refractivity contribution in [3.05, 3.63) is 11.4 Å². The highest BCUT2D eigenvalue weighted by molar-refractivity contribution is 5.17. The van der Waals surface area contributed by atoms with Gasteiger partial charge in [-0.15, -0.1) is 0 Å². The molecule has 84 valence electrons. The van der Waals surface area contributed by atoms with Gasteiger partial charge >= 0.3 is 0 Å². The molecule has 1 aliphatic rings. The van der Waals surface area contributed by atoms with Gasteiger partial charge in [0.05, 0.1) is 11.4 Å². The van der Waals surface area contributed by atoms with Crippen LogP contribution >= 0.6 is 0 Å². The van der Waals surface area contributed by atoms with Gasteiger partial charge < -0.3 is 0 Å². The molecule has 0 saturated heterocycles. The third kappa shape index (κ3) is 2.21. The smallest absolute Gasteiger partial charge is 0.0892 e. The van der Waals surface area contributed by atoms with Crippen molar-refractivity contribution in [1.29, 1.82) is 0 Å². The van der Waals surface area contributed by atoms with Crippen LogP contribution in [0.1, 0.15) is 63.8 Å². The molecule has 0 saturated carbocycles. The van der Waals surface area contributed by atoms with Crippen LogP contribution < -0.4 is 0 Å². The normalized spacial score (nSPS) is 23.0. The number of hydrogen-bond donors (Lipinski definition) is 1. The molecular weight excluding hydrogens is 186 g/mol. The summed E-state index contributed by atoms with van der Waals surface area (Å²) in [5.41, 5.74) is 2.72. The predicted molar refractivity (Wildman–Crippen MR) is 60.8 cm³/mol. The number of aromatic nitrogens is 3. The largest absolute Gasteiger partial charge is 0.197 e. The van der Waals surface area contributed by atoms with Crippen LogP contribution in [0.15, 0.2) is 0 Å². The summed E-state index contributed by atoms with van der Waals surface area (Å²) in [4.78, 5) is 0. The van der Waals surface area contributed by atoms with Gasteiger partial charge in [0.1, 0.15) is 0 Å². The van der Waals surface area contributed by atoms with Crippen LogP contribution in [0.5, 0.6) is 0 Å². The Labute approximate surface area is 91.7 Å². The van der Waals surface area contributed by atoms with Crippen molar-refractivity contribution >= 4 is 0 Å². The minimum absolute atomic E-state index is 0.295. The first-order chi connectivity index (χ1) is 7.09. The van der Waals surface area contributed by atoms with Crippen molar-refractivity contribution in [2.75, 3.05) is 0 Å². The molecule has 0 amide bonds. The van der Waals surface area contributed by atoms with Gasteiger partial charge in [-0.3, -0.25) is 0 Å². The Morgan fingerprint density at radius 2 is 1.93 bits per heavy atom. The summed E-state index contributed by atoms with van der Waals surface area (Å²) in [6, 6.07) is 0. The zero-order chi connectivity index (χ0) is 10.9. The Morgan fingerprint density at radius 1 is 1.13 bits per heavy atom. The molecule has 1 N–H and O–H groups in total. The van der Waals surface area contributed by atoms with Crippen molar-refractivity contribution in [3.63, 3.8) is 0 Å². The van der Waals surface area contributed by atoms with E-state index in [9.17, 15) is 0 Å². The van der Waals surface area contributed by atoms with E-state index >= 15 is 0 Å². The van der Waals surface area contributed by atoms with E-state index in [2.05, 4.69) is 36.2 Å². The van der Waals surface area contributed by atoms with Crippen LogP contribution in [-0.2, 0) is 6.42 Å². The van der Waals surface area contributed by atoms with Gasteiger partial charge in [-0.2, -0.15) is 15.4 Å². The summed E-state index contributed by atoms with van der Waals surface area (Å²) in [6.45, 7) is 6.91. The lowest BCUT2D eigenvalue weighted by Gasteiger charge is -2.30. The minimum atomic E-state index is 0.295. The number of hydrogen-bond acceptors (Lipinski definition) is 2. The molecule has 3 heteroatoms. The molecule has 0 fully saturated rings. The monoisotopic (exact) mass is 207 g/mol. The fourth-order valence-electron chi connectivity index (χ4n) is 2.52. The summed E-state index contributed by atoms with van der Waals surface area (Å²) in [5.74, 6) is 0.562. The van der Waals surface area contributed by atoms with Crippen molar-refractivity contribution in [2.45, 2.75) is 58.8 Å². The van der Waals surface area contributed by atoms with E-state index in [1.807, 2.05) is 0 Å². The highest BCUT2D eigenvalue weighted by Crippen LogP contribution is 2.40. The Hall–Kier alpha value is -0.860. The van der Waals surface area contributed by atoms with Crippen molar-refractivity contribution in [2.24, 2.45) is 5.41 Å². The average Bonchev–Trinajstić information content (AvgIpc) is 2.49. The van der Waals surface area contributed by atoms with E-state index in [-0.39, 0.29) is 0 Å². The number of H-pyrrole nitrogens is 1. The first kappa shape index (κ1) is 10.7. The number of nitrogens with zero attached hydrogens (tertiary/aromatic N) is 2. The van der Waals surface area contributed by atoms with E-state index in [1.165, 1.54) is 37.1 Å². The molecule has 1 aliphatic carbocycles. The topological polar surface area (TPSA) is 41.6 Å². The minimum Gasteiger partial charge on any atom is -0.197 e. The van der Waals surface area contributed by atoms with Gasteiger partial charge in [0, 0.05) is 5.92 Å². The standard InChI is InChI=1S/C12H21N3/c1-12(2,3)9-7-5-4-6-8-10-11(9)14-15-13-10/h9H,4-8H2,1-3H3,(H,13,14,15). The molecule has 2 rings (SSSR count). The third-order valence-electron chi connectivity index (χ3n) is 3.43. The van der Waals surface area contributed by atoms with E-state index in [1.54, 1.807) is 0 Å². The highest BCUT2D eigenvalue weighted by atomic mass is 15.3. The number of aromatic amines is 1. The first-order valence-electron chi connectivity index (χ1n) is 5.98. The summed E-state index contributed by atoms with van der Waals surface area (Å²) in [6.07, 6.45) is 6.27. The third-order valence-corrected chi connectivity index (χ3v) is 3.43. The molecule has 1 atom stereocenters. The number of fused-ring (bicyclic) bond motifs is 1. The van der Waals surface area contributed by atoms with E-state index in [4.69, 9.17) is 0 Å². The van der Waals surface area contributed by atoms with E-state index < -0.39 is 0 Å². The van der Waals surface area contributed by atoms with E-state index in [0.29, 0.717) is 11.3 Å². The fourth-order valence-corrected chi connectivity index (χ4v) is 2.52. The van der Waals surface area contributed by atoms with Crippen LogP contribution in [0.4, 0.5) is 0 Å². The first-order valence-corrected chi connectivity index (χ1v) is 5.98. The summed E-state index contributed by atoms with van der Waals surface area (Å²) in [5, 5.41) is 11.5. The van der Waals surface area contributed by atoms with Gasteiger partial charge in [-0.05, 0) is 24.7 Å². The Morgan fingerprint density at radius 3 is 2.67 bits per heavy atom. The second kappa shape index (κ2) is 3.95. The molecule has 1 aromatic rings. The van der Waals surface area contributed by atoms with Crippen molar-refractivity contribution < 1.29 is 0 Å². The molecule has 0 aromatic carbocycles. The van der Waals surface area contributed by atoms with Crippen LogP contribution in [0.25, 0.3) is 0 Å². The summed E-state index contributed by atoms with van der Waals surface area (Å²) >= 11 is 0. The number of nitrogens with one attached hydrogen (secondary N) is 1. The molecule has 0 spiro atoms. The predicted octanol–water partition coefficient (Wildman–Crippen LogP) is 3.05. The molecule has 0 bridgehead atoms. The SMILES string of the molecule is CC(C)(C)C1CCCCCc2n[nH]nc21. The highest BCUT2D eigenvalue weighted by Gasteiger charge is 2.31. The molecule has 1 aromatic heterocycles. The molecular formula is C12H21N3. The lowest BCUT2D eigenvalue weighted by molar-refractivity contribution is 0.287. The lowest BCUT2D eigenvalue weighted by atomic mass is 9.74. The van der Waals surface area contributed by atoms with Crippen molar-refractivity contribution in [1.82, 2.24) is 15.4 Å². The van der Waals surface area contributed by atoms with Gasteiger partial charge in [0.2, 0.25) is 0 Å². The average molecular weight is 207 g/mol. The second-order valence-corrected chi connectivity index (χ2v) is 5.67. The lowest BCUT2D eigenvalue weighted by Crippen LogP contribution is -2.21. The number of aryl methyl sites for hydroxylation is 1. The zero-order valence-electron chi connectivity index (χ0n) is 10.0. The maximum Gasteiger partial charge on any atom is 0.0892 e. The quantitative estimate of drug-likeness (QED) is 0.710. The Bertz CT molecular complexity index is 322. The van der Waals surface area contributed by atoms with Crippen molar-refractivity contribution in [3.8, 4) is 0 Å². The fraction of sp³-hybridized carbons (Fsp3) is 0.833. The van der Waals surface area contributed by atoms with Crippen LogP contribution in [0.2, 0.25) is 0 Å². The van der Waals surface area contributed by atoms with Crippen LogP contribution in [0, 0.1) is 5.41 Å². The summed E-state index contributed by atoms with van der Waals surface area (Å²) in [7, 11) is 0. The van der Waals surface area contributed by atoms with E-state index in [0.717, 1.165) is 6.42 Å². The van der Waals surface area contributed by atoms with Gasteiger partial charge in [-0.1, -0.05) is 33.6 Å². The second-order valence-electron chi connectivity index (χ2n) is 5.67. The molecule has 1 unspecified atom stereocenters. The number of rotatable bonds is 0. The zero-order valence-corrected chi connectivity index (χ0v) is 10.0. The van der Waals surface area contributed by atoms with Gasteiger partial charge in [0.25, 0.3) is 0 Å². The van der Waals surface area contributed by atoms with Crippen LogP contribution in [-0.4, -0.2) is 15.4 Å². The molecule has 15 heavy (non-hydrogen) atoms. The molecule has 0 radical (unpaired) electrons. The maximum atomic E-state index is 4.37. The van der Waals surface area contributed by atoms with Gasteiger partial charge in [0.15, 0.2) is 0 Å². The van der Waals surface area contributed by atoms with Crippen LogP contribution in [0.3, 0.4) is 0 Å².